The number of rotatable bonds is 6. The van der Waals surface area contributed by atoms with Gasteiger partial charge in [0.2, 0.25) is 0 Å². The van der Waals surface area contributed by atoms with Crippen LogP contribution in [0.15, 0.2) is 176 Å². The van der Waals surface area contributed by atoms with Gasteiger partial charge in [0.25, 0.3) is 0 Å². The van der Waals surface area contributed by atoms with E-state index < -0.39 is 15.8 Å². The Morgan fingerprint density at radius 2 is 0.579 bits per heavy atom. The van der Waals surface area contributed by atoms with Crippen molar-refractivity contribution in [1.82, 2.24) is 0 Å². The number of hydrogen-bond donors (Lipinski definition) is 0. The largest absolute Gasteiger partial charge is 0.214 e. The summed E-state index contributed by atoms with van der Waals surface area (Å²) in [6, 6.07) is 63.4. The molecule has 0 aliphatic rings. The van der Waals surface area contributed by atoms with E-state index in [2.05, 4.69) is 146 Å². The van der Waals surface area contributed by atoms with Crippen molar-refractivity contribution in [2.24, 2.45) is 0 Å². The van der Waals surface area contributed by atoms with Crippen LogP contribution in [0.3, 0.4) is 0 Å². The second-order valence-corrected chi connectivity index (χ2v) is 13.6. The SMILES string of the molecule is [Ru].c1cc[cH-]c1.c1ccc([PH+](c2ccccc2)c2ccccc2[PH+](c2ccccc2)c2ccccc2)cc1. The van der Waals surface area contributed by atoms with Crippen molar-refractivity contribution in [1.29, 1.82) is 0 Å². The van der Waals surface area contributed by atoms with E-state index in [-0.39, 0.29) is 19.5 Å². The predicted molar refractivity (Wildman–Crippen MR) is 169 cm³/mol. The zero-order valence-electron chi connectivity index (χ0n) is 21.1. The summed E-state index contributed by atoms with van der Waals surface area (Å²) in [7, 11) is -2.28. The van der Waals surface area contributed by atoms with E-state index in [1.807, 2.05) is 30.3 Å². The Hall–Kier alpha value is -3.07. The molecule has 0 aliphatic carbocycles. The molecule has 0 aromatic heterocycles. The fraction of sp³-hybridized carbons (Fsp3) is 0. The van der Waals surface area contributed by atoms with Crippen LogP contribution < -0.4 is 31.8 Å². The standard InChI is InChI=1S/C30H24P2.C5H5.Ru/c1-5-15-25(16-6-1)31(26-17-7-2-8-18-26)29-23-13-14-24-30(29)32(27-19-9-3-10-20-27)28-21-11-4-12-22-28;1-2-4-5-3-1;/h1-24H;1-5H;/q;-1;/p+2. The van der Waals surface area contributed by atoms with Gasteiger partial charge in [-0.05, 0) is 60.7 Å². The fourth-order valence-corrected chi connectivity index (χ4v) is 10.6. The van der Waals surface area contributed by atoms with Gasteiger partial charge in [-0.1, -0.05) is 84.9 Å². The Kier molecular flexibility index (Phi) is 10.9. The average molecular weight is 615 g/mol. The van der Waals surface area contributed by atoms with E-state index >= 15 is 0 Å². The van der Waals surface area contributed by atoms with Crippen molar-refractivity contribution in [2.75, 3.05) is 0 Å². The Labute approximate surface area is 242 Å². The molecule has 0 saturated carbocycles. The molecule has 0 saturated heterocycles. The van der Waals surface area contributed by atoms with Crippen LogP contribution >= 0.6 is 15.8 Å². The average Bonchev–Trinajstić information content (AvgIpc) is 3.57. The zero-order valence-corrected chi connectivity index (χ0v) is 24.8. The molecule has 0 unspecified atom stereocenters. The first kappa shape index (κ1) is 28.0. The van der Waals surface area contributed by atoms with Gasteiger partial charge in [-0.3, -0.25) is 0 Å². The summed E-state index contributed by atoms with van der Waals surface area (Å²) in [6.07, 6.45) is 0. The second kappa shape index (κ2) is 14.8. The molecule has 0 amide bonds. The van der Waals surface area contributed by atoms with E-state index in [1.165, 1.54) is 31.8 Å². The van der Waals surface area contributed by atoms with Crippen molar-refractivity contribution in [2.45, 2.75) is 0 Å². The van der Waals surface area contributed by atoms with E-state index in [0.717, 1.165) is 0 Å². The molecule has 0 radical (unpaired) electrons. The van der Waals surface area contributed by atoms with Gasteiger partial charge >= 0.3 is 0 Å². The topological polar surface area (TPSA) is 0 Å². The fourth-order valence-electron chi connectivity index (χ4n) is 4.61. The molecule has 0 fully saturated rings. The van der Waals surface area contributed by atoms with Crippen LogP contribution in [0.2, 0.25) is 0 Å². The van der Waals surface area contributed by atoms with Gasteiger partial charge in [0.05, 0.1) is 0 Å². The third kappa shape index (κ3) is 7.07. The maximum absolute atomic E-state index is 2.38. The van der Waals surface area contributed by atoms with Gasteiger partial charge in [-0.25, -0.2) is 12.1 Å². The molecule has 0 spiro atoms. The van der Waals surface area contributed by atoms with Crippen LogP contribution in [0.5, 0.6) is 0 Å². The maximum Gasteiger partial charge on any atom is 0.144 e. The molecule has 0 heterocycles. The summed E-state index contributed by atoms with van der Waals surface area (Å²) >= 11 is 0. The van der Waals surface area contributed by atoms with E-state index in [1.54, 1.807) is 0 Å². The van der Waals surface area contributed by atoms with Crippen molar-refractivity contribution >= 4 is 47.7 Å². The van der Waals surface area contributed by atoms with Crippen LogP contribution in [-0.4, -0.2) is 0 Å². The summed E-state index contributed by atoms with van der Waals surface area (Å²) in [5, 5.41) is 8.71. The van der Waals surface area contributed by atoms with Gasteiger partial charge in [-0.2, -0.15) is 18.2 Å². The molecule has 6 rings (SSSR count). The Balaban J connectivity index is 0.000000504. The van der Waals surface area contributed by atoms with E-state index in [4.69, 9.17) is 0 Å². The molecule has 0 atom stereocenters. The molecule has 3 heteroatoms. The van der Waals surface area contributed by atoms with Crippen molar-refractivity contribution < 1.29 is 19.5 Å². The zero-order chi connectivity index (χ0) is 25.1. The summed E-state index contributed by atoms with van der Waals surface area (Å²) in [5.41, 5.74) is 0. The predicted octanol–water partition coefficient (Wildman–Crippen LogP) is 6.07. The van der Waals surface area contributed by atoms with Gasteiger partial charge in [0.1, 0.15) is 47.7 Å². The normalized spacial score (nSPS) is 10.4. The first-order valence-corrected chi connectivity index (χ1v) is 15.6. The van der Waals surface area contributed by atoms with Crippen molar-refractivity contribution in [3.8, 4) is 0 Å². The van der Waals surface area contributed by atoms with Gasteiger partial charge in [0, 0.05) is 19.5 Å². The summed E-state index contributed by atoms with van der Waals surface area (Å²) in [5.74, 6) is 0. The minimum atomic E-state index is -1.14. The van der Waals surface area contributed by atoms with E-state index in [0.29, 0.717) is 0 Å². The third-order valence-electron chi connectivity index (χ3n) is 6.27. The summed E-state index contributed by atoms with van der Waals surface area (Å²) in [4.78, 5) is 0. The molecular weight excluding hydrogens is 583 g/mol. The molecule has 188 valence electrons. The molecule has 38 heavy (non-hydrogen) atoms. The van der Waals surface area contributed by atoms with E-state index in [9.17, 15) is 0 Å². The molecule has 0 bridgehead atoms. The van der Waals surface area contributed by atoms with Crippen LogP contribution in [0.1, 0.15) is 0 Å². The Morgan fingerprint density at radius 3 is 0.816 bits per heavy atom. The molecular formula is C35H31P2Ru+. The minimum Gasteiger partial charge on any atom is -0.214 e. The maximum atomic E-state index is 2.38. The molecule has 6 aromatic carbocycles. The smallest absolute Gasteiger partial charge is 0.144 e. The monoisotopic (exact) mass is 615 g/mol. The van der Waals surface area contributed by atoms with Gasteiger partial charge < -0.3 is 0 Å². The van der Waals surface area contributed by atoms with Crippen molar-refractivity contribution in [3.05, 3.63) is 176 Å². The first-order chi connectivity index (χ1) is 18.4. The molecule has 0 N–H and O–H groups in total. The number of hydrogen-bond acceptors (Lipinski definition) is 0. The molecule has 0 aliphatic heterocycles. The molecule has 6 aromatic rings. The van der Waals surface area contributed by atoms with Gasteiger partial charge in [0.15, 0.2) is 0 Å². The van der Waals surface area contributed by atoms with Crippen LogP contribution in [0, 0.1) is 0 Å². The Morgan fingerprint density at radius 1 is 0.316 bits per heavy atom. The Bertz CT molecular complexity index is 1250. The van der Waals surface area contributed by atoms with Crippen LogP contribution in [0.4, 0.5) is 0 Å². The summed E-state index contributed by atoms with van der Waals surface area (Å²) in [6.45, 7) is 0. The van der Waals surface area contributed by atoms with Crippen LogP contribution in [-0.2, 0) is 19.5 Å². The van der Waals surface area contributed by atoms with Crippen LogP contribution in [0.25, 0.3) is 0 Å². The first-order valence-electron chi connectivity index (χ1n) is 12.6. The quantitative estimate of drug-likeness (QED) is 0.121. The van der Waals surface area contributed by atoms with Crippen molar-refractivity contribution in [3.63, 3.8) is 0 Å². The summed E-state index contributed by atoms with van der Waals surface area (Å²) < 4.78 is 0. The second-order valence-electron chi connectivity index (χ2n) is 8.72. The third-order valence-corrected chi connectivity index (χ3v) is 12.1. The molecule has 0 nitrogen and oxygen atoms in total. The number of benzene rings is 5. The minimum absolute atomic E-state index is 0. The van der Waals surface area contributed by atoms with Gasteiger partial charge in [-0.15, -0.1) is 0 Å².